The van der Waals surface area contributed by atoms with Crippen LogP contribution in [0.2, 0.25) is 0 Å². The van der Waals surface area contributed by atoms with Gasteiger partial charge in [-0.05, 0) is 46.8 Å². The van der Waals surface area contributed by atoms with Crippen LogP contribution in [-0.4, -0.2) is 46.0 Å². The number of halogens is 1. The minimum absolute atomic E-state index is 0.170. The molecular weight excluding hydrogens is 396 g/mol. The third kappa shape index (κ3) is 3.04. The molecule has 2 heterocycles. The molecule has 0 bridgehead atoms. The van der Waals surface area contributed by atoms with E-state index in [2.05, 4.69) is 15.9 Å². The summed E-state index contributed by atoms with van der Waals surface area (Å²) in [5.41, 5.74) is 0. The second-order valence-corrected chi connectivity index (χ2v) is 8.67. The van der Waals surface area contributed by atoms with Crippen molar-refractivity contribution in [3.8, 4) is 0 Å². The number of hydrogen-bond donors (Lipinski definition) is 0. The van der Waals surface area contributed by atoms with Crippen LogP contribution in [0.1, 0.15) is 42.3 Å². The van der Waals surface area contributed by atoms with Crippen LogP contribution in [0, 0.1) is 5.92 Å². The van der Waals surface area contributed by atoms with Crippen LogP contribution >= 0.6 is 27.3 Å². The molecule has 1 aliphatic carbocycles. The van der Waals surface area contributed by atoms with Gasteiger partial charge in [0.2, 0.25) is 0 Å². The van der Waals surface area contributed by atoms with Gasteiger partial charge >= 0.3 is 17.8 Å². The van der Waals surface area contributed by atoms with E-state index in [9.17, 15) is 19.2 Å². The third-order valence-corrected chi connectivity index (χ3v) is 6.30. The fraction of sp³-hybridized carbons (Fsp3) is 0.500. The van der Waals surface area contributed by atoms with Gasteiger partial charge in [0.1, 0.15) is 0 Å². The summed E-state index contributed by atoms with van der Waals surface area (Å²) >= 11 is 4.50. The molecule has 1 aliphatic heterocycles. The topological polar surface area (TPSA) is 74.8 Å². The van der Waals surface area contributed by atoms with Gasteiger partial charge in [-0.2, -0.15) is 0 Å². The van der Waals surface area contributed by atoms with E-state index in [4.69, 9.17) is 0 Å². The van der Waals surface area contributed by atoms with Crippen molar-refractivity contribution < 1.29 is 19.2 Å². The Kier molecular flexibility index (Phi) is 4.87. The molecule has 2 aliphatic rings. The molecule has 8 heteroatoms. The molecule has 0 N–H and O–H groups in total. The van der Waals surface area contributed by atoms with E-state index in [-0.39, 0.29) is 17.7 Å². The van der Waals surface area contributed by atoms with E-state index in [1.54, 1.807) is 12.1 Å². The van der Waals surface area contributed by atoms with Crippen molar-refractivity contribution in [1.29, 1.82) is 0 Å². The Bertz CT molecular complexity index is 717. The molecule has 128 valence electrons. The summed E-state index contributed by atoms with van der Waals surface area (Å²) < 4.78 is 0.790. The molecule has 1 saturated carbocycles. The maximum atomic E-state index is 12.6. The Morgan fingerprint density at radius 2 is 1.92 bits per heavy atom. The van der Waals surface area contributed by atoms with E-state index in [0.717, 1.165) is 32.8 Å². The van der Waals surface area contributed by atoms with Gasteiger partial charge in [-0.25, -0.2) is 9.69 Å². The van der Waals surface area contributed by atoms with Crippen LogP contribution < -0.4 is 0 Å². The molecule has 1 aromatic rings. The van der Waals surface area contributed by atoms with E-state index < -0.39 is 24.4 Å². The molecule has 0 unspecified atom stereocenters. The fourth-order valence-electron chi connectivity index (χ4n) is 3.32. The molecule has 0 aromatic carbocycles. The number of imide groups is 2. The van der Waals surface area contributed by atoms with Gasteiger partial charge in [0.25, 0.3) is 0 Å². The lowest BCUT2D eigenvalue weighted by molar-refractivity contribution is -0.144. The predicted octanol–water partition coefficient (Wildman–Crippen LogP) is 3.06. The second kappa shape index (κ2) is 6.76. The number of rotatable bonds is 4. The predicted molar refractivity (Wildman–Crippen MR) is 91.7 cm³/mol. The average Bonchev–Trinajstić information content (AvgIpc) is 3.07. The van der Waals surface area contributed by atoms with Crippen LogP contribution in [0.5, 0.6) is 0 Å². The lowest BCUT2D eigenvalue weighted by Crippen LogP contribution is -2.46. The smallest absolute Gasteiger partial charge is 0.291 e. The van der Waals surface area contributed by atoms with Crippen molar-refractivity contribution in [1.82, 2.24) is 9.80 Å². The van der Waals surface area contributed by atoms with E-state index >= 15 is 0 Å². The normalized spacial score (nSPS) is 24.8. The fourth-order valence-corrected chi connectivity index (χ4v) is 4.64. The Hall–Kier alpha value is -1.54. The van der Waals surface area contributed by atoms with Crippen molar-refractivity contribution in [3.05, 3.63) is 20.8 Å². The molecule has 1 saturated heterocycles. The largest absolute Gasteiger partial charge is 0.334 e. The number of carbonyl (C=O) groups is 4. The van der Waals surface area contributed by atoms with Crippen LogP contribution in [0.4, 0.5) is 4.79 Å². The quantitative estimate of drug-likeness (QED) is 0.432. The zero-order valence-corrected chi connectivity index (χ0v) is 15.6. The van der Waals surface area contributed by atoms with Gasteiger partial charge in [0.05, 0.1) is 15.2 Å². The number of ketones is 1. The lowest BCUT2D eigenvalue weighted by atomic mass is 9.85. The van der Waals surface area contributed by atoms with E-state index in [1.807, 2.05) is 6.92 Å². The van der Waals surface area contributed by atoms with Gasteiger partial charge in [-0.15, -0.1) is 11.3 Å². The number of hydrogen-bond acceptors (Lipinski definition) is 5. The summed E-state index contributed by atoms with van der Waals surface area (Å²) in [5, 5.41) is 0. The monoisotopic (exact) mass is 412 g/mol. The molecule has 0 spiro atoms. The average molecular weight is 413 g/mol. The zero-order chi connectivity index (χ0) is 17.4. The minimum Gasteiger partial charge on any atom is -0.291 e. The van der Waals surface area contributed by atoms with Gasteiger partial charge in [-0.3, -0.25) is 19.3 Å². The SMILES string of the molecule is C[C@@H]1CCCC[C@@H]1N1C(=O)C(=O)N(CC(=O)c2ccc(Br)s2)C1=O. The van der Waals surface area contributed by atoms with Crippen molar-refractivity contribution in [2.45, 2.75) is 38.6 Å². The Balaban J connectivity index is 1.77. The summed E-state index contributed by atoms with van der Waals surface area (Å²) in [6.45, 7) is 1.60. The summed E-state index contributed by atoms with van der Waals surface area (Å²) in [6.07, 6.45) is 3.64. The summed E-state index contributed by atoms with van der Waals surface area (Å²) in [5.74, 6) is -1.89. The highest BCUT2D eigenvalue weighted by atomic mass is 79.9. The Labute approximate surface area is 151 Å². The molecule has 3 rings (SSSR count). The molecule has 0 radical (unpaired) electrons. The summed E-state index contributed by atoms with van der Waals surface area (Å²) in [4.78, 5) is 51.7. The van der Waals surface area contributed by atoms with Gasteiger partial charge in [-0.1, -0.05) is 19.8 Å². The first-order valence-corrected chi connectivity index (χ1v) is 9.48. The van der Waals surface area contributed by atoms with E-state index in [1.165, 1.54) is 11.3 Å². The summed E-state index contributed by atoms with van der Waals surface area (Å²) in [7, 11) is 0. The molecule has 2 atom stereocenters. The molecule has 2 fully saturated rings. The number of thiophene rings is 1. The Morgan fingerprint density at radius 1 is 1.21 bits per heavy atom. The minimum atomic E-state index is -0.901. The highest BCUT2D eigenvalue weighted by Crippen LogP contribution is 2.31. The first-order chi connectivity index (χ1) is 11.4. The lowest BCUT2D eigenvalue weighted by Gasteiger charge is -2.34. The number of Topliss-reactive ketones (excluding diaryl/α,β-unsaturated/α-hetero) is 1. The molecule has 24 heavy (non-hydrogen) atoms. The molecule has 4 amide bonds. The first-order valence-electron chi connectivity index (χ1n) is 7.87. The zero-order valence-electron chi connectivity index (χ0n) is 13.2. The number of amides is 4. The third-order valence-electron chi connectivity index (χ3n) is 4.63. The van der Waals surface area contributed by atoms with Crippen LogP contribution in [0.15, 0.2) is 15.9 Å². The first kappa shape index (κ1) is 17.3. The highest BCUT2D eigenvalue weighted by molar-refractivity contribution is 9.11. The van der Waals surface area contributed by atoms with Crippen LogP contribution in [0.3, 0.4) is 0 Å². The van der Waals surface area contributed by atoms with Crippen molar-refractivity contribution >= 4 is 50.9 Å². The van der Waals surface area contributed by atoms with Crippen molar-refractivity contribution in [2.24, 2.45) is 5.92 Å². The maximum absolute atomic E-state index is 12.6. The second-order valence-electron chi connectivity index (χ2n) is 6.21. The summed E-state index contributed by atoms with van der Waals surface area (Å²) in [6, 6.07) is 2.45. The molecular formula is C16H17BrN2O4S. The number of nitrogens with zero attached hydrogens (tertiary/aromatic N) is 2. The maximum Gasteiger partial charge on any atom is 0.334 e. The Morgan fingerprint density at radius 3 is 2.54 bits per heavy atom. The van der Waals surface area contributed by atoms with Gasteiger partial charge in [0.15, 0.2) is 5.78 Å². The van der Waals surface area contributed by atoms with E-state index in [0.29, 0.717) is 11.3 Å². The number of urea groups is 1. The number of carbonyl (C=O) groups excluding carboxylic acids is 4. The van der Waals surface area contributed by atoms with Gasteiger partial charge in [0, 0.05) is 6.04 Å². The van der Waals surface area contributed by atoms with Crippen LogP contribution in [-0.2, 0) is 9.59 Å². The van der Waals surface area contributed by atoms with Crippen molar-refractivity contribution in [3.63, 3.8) is 0 Å². The van der Waals surface area contributed by atoms with Crippen molar-refractivity contribution in [2.75, 3.05) is 6.54 Å². The molecule has 6 nitrogen and oxygen atoms in total. The standard InChI is InChI=1S/C16H17BrN2O4S/c1-9-4-2-3-5-10(9)19-15(22)14(21)18(16(19)23)8-11(20)12-6-7-13(17)24-12/h6-7,9-10H,2-5,8H2,1H3/t9-,10+/m1/s1. The highest BCUT2D eigenvalue weighted by Gasteiger charge is 2.49. The molecule has 1 aromatic heterocycles. The van der Waals surface area contributed by atoms with Gasteiger partial charge < -0.3 is 0 Å². The van der Waals surface area contributed by atoms with Crippen LogP contribution in [0.25, 0.3) is 0 Å².